The van der Waals surface area contributed by atoms with Crippen molar-refractivity contribution in [3.8, 4) is 5.75 Å². The number of carbonyl (C=O) groups excluding carboxylic acids is 1. The lowest BCUT2D eigenvalue weighted by Crippen LogP contribution is -2.08. The van der Waals surface area contributed by atoms with Gasteiger partial charge in [-0.05, 0) is 36.4 Å². The number of rotatable bonds is 2. The highest BCUT2D eigenvalue weighted by molar-refractivity contribution is 7.12. The van der Waals surface area contributed by atoms with E-state index in [4.69, 9.17) is 4.74 Å². The largest absolute Gasteiger partial charge is 0.422 e. The molecule has 0 fully saturated rings. The molecule has 0 amide bonds. The van der Waals surface area contributed by atoms with Crippen LogP contribution < -0.4 is 4.74 Å². The normalized spacial score (nSPS) is 10.1. The van der Waals surface area contributed by atoms with E-state index in [0.29, 0.717) is 10.6 Å². The van der Waals surface area contributed by atoms with Crippen molar-refractivity contribution >= 4 is 17.3 Å². The van der Waals surface area contributed by atoms with Crippen LogP contribution in [-0.2, 0) is 0 Å². The lowest BCUT2D eigenvalue weighted by molar-refractivity contribution is 0.0737. The highest BCUT2D eigenvalue weighted by atomic mass is 32.1. The van der Waals surface area contributed by atoms with E-state index in [0.717, 1.165) is 11.1 Å². The van der Waals surface area contributed by atoms with Gasteiger partial charge in [-0.15, -0.1) is 11.3 Å². The molecule has 2 aromatic rings. The molecule has 0 radical (unpaired) electrons. The van der Waals surface area contributed by atoms with Crippen molar-refractivity contribution in [1.29, 1.82) is 0 Å². The molecule has 1 aromatic heterocycles. The van der Waals surface area contributed by atoms with Crippen molar-refractivity contribution in [3.05, 3.63) is 51.7 Å². The number of carbonyl (C=O) groups is 1. The summed E-state index contributed by atoms with van der Waals surface area (Å²) < 4.78 is 5.39. The third-order valence-electron chi connectivity index (χ3n) is 2.33. The van der Waals surface area contributed by atoms with E-state index >= 15 is 0 Å². The first-order valence-electron chi connectivity index (χ1n) is 5.00. The van der Waals surface area contributed by atoms with Gasteiger partial charge < -0.3 is 4.74 Å². The van der Waals surface area contributed by atoms with Crippen molar-refractivity contribution < 1.29 is 9.53 Å². The molecule has 2 nitrogen and oxygen atoms in total. The van der Waals surface area contributed by atoms with Crippen LogP contribution in [0.2, 0.25) is 0 Å². The maximum atomic E-state index is 11.8. The van der Waals surface area contributed by atoms with Crippen molar-refractivity contribution in [2.75, 3.05) is 0 Å². The lowest BCUT2D eigenvalue weighted by Gasteiger charge is -2.08. The second-order valence-corrected chi connectivity index (χ2v) is 4.54. The molecule has 1 heterocycles. The van der Waals surface area contributed by atoms with Crippen LogP contribution in [0.1, 0.15) is 20.8 Å². The maximum Gasteiger partial charge on any atom is 0.353 e. The highest BCUT2D eigenvalue weighted by Gasteiger charge is 2.12. The van der Waals surface area contributed by atoms with Gasteiger partial charge in [-0.2, -0.15) is 0 Å². The van der Waals surface area contributed by atoms with Gasteiger partial charge in [0.1, 0.15) is 10.6 Å². The van der Waals surface area contributed by atoms with Gasteiger partial charge in [0, 0.05) is 0 Å². The standard InChI is InChI=1S/C13H12O2S/c1-9-5-3-6-10(2)12(9)15-13(14)11-7-4-8-16-11/h3-8H,1-2H3. The molecule has 0 N–H and O–H groups in total. The van der Waals surface area contributed by atoms with Gasteiger partial charge in [-0.3, -0.25) is 0 Å². The number of hydrogen-bond acceptors (Lipinski definition) is 3. The minimum Gasteiger partial charge on any atom is -0.422 e. The maximum absolute atomic E-state index is 11.8. The second kappa shape index (κ2) is 4.49. The Kier molecular flexibility index (Phi) is 3.06. The monoisotopic (exact) mass is 232 g/mol. The average Bonchev–Trinajstić information content (AvgIpc) is 2.76. The molecule has 0 saturated heterocycles. The molecule has 1 aromatic carbocycles. The Morgan fingerprint density at radius 1 is 1.12 bits per heavy atom. The zero-order valence-electron chi connectivity index (χ0n) is 9.19. The molecular weight excluding hydrogens is 220 g/mol. The fraction of sp³-hybridized carbons (Fsp3) is 0.154. The van der Waals surface area contributed by atoms with Crippen molar-refractivity contribution in [3.63, 3.8) is 0 Å². The SMILES string of the molecule is Cc1cccc(C)c1OC(=O)c1cccs1. The van der Waals surface area contributed by atoms with E-state index in [1.165, 1.54) is 11.3 Å². The third kappa shape index (κ3) is 2.14. The minimum absolute atomic E-state index is 0.285. The molecule has 2 rings (SSSR count). The summed E-state index contributed by atoms with van der Waals surface area (Å²) in [5.41, 5.74) is 1.95. The summed E-state index contributed by atoms with van der Waals surface area (Å²) in [6.07, 6.45) is 0. The number of aryl methyl sites for hydroxylation is 2. The van der Waals surface area contributed by atoms with E-state index in [9.17, 15) is 4.79 Å². The molecule has 0 spiro atoms. The number of para-hydroxylation sites is 1. The van der Waals surface area contributed by atoms with Gasteiger partial charge in [0.25, 0.3) is 0 Å². The zero-order chi connectivity index (χ0) is 11.5. The smallest absolute Gasteiger partial charge is 0.353 e. The Labute approximate surface area is 98.5 Å². The van der Waals surface area contributed by atoms with Crippen LogP contribution >= 0.6 is 11.3 Å². The minimum atomic E-state index is -0.285. The Hall–Kier alpha value is -1.61. The summed E-state index contributed by atoms with van der Waals surface area (Å²) in [6, 6.07) is 9.42. The van der Waals surface area contributed by atoms with E-state index in [2.05, 4.69) is 0 Å². The molecule has 0 aliphatic rings. The number of ether oxygens (including phenoxy) is 1. The molecule has 82 valence electrons. The van der Waals surface area contributed by atoms with Gasteiger partial charge in [-0.1, -0.05) is 24.3 Å². The number of esters is 1. The molecule has 0 bridgehead atoms. The van der Waals surface area contributed by atoms with Crippen LogP contribution in [0.4, 0.5) is 0 Å². The van der Waals surface area contributed by atoms with Crippen LogP contribution in [0, 0.1) is 13.8 Å². The van der Waals surface area contributed by atoms with E-state index < -0.39 is 0 Å². The van der Waals surface area contributed by atoms with Gasteiger partial charge >= 0.3 is 5.97 Å². The third-order valence-corrected chi connectivity index (χ3v) is 3.18. The predicted molar refractivity (Wildman–Crippen MR) is 65.2 cm³/mol. The van der Waals surface area contributed by atoms with Crippen LogP contribution in [-0.4, -0.2) is 5.97 Å². The van der Waals surface area contributed by atoms with E-state index in [1.807, 2.05) is 43.5 Å². The van der Waals surface area contributed by atoms with E-state index in [-0.39, 0.29) is 5.97 Å². The predicted octanol–water partition coefficient (Wildman–Crippen LogP) is 3.58. The van der Waals surface area contributed by atoms with E-state index in [1.54, 1.807) is 6.07 Å². The highest BCUT2D eigenvalue weighted by Crippen LogP contribution is 2.24. The number of benzene rings is 1. The molecule has 16 heavy (non-hydrogen) atoms. The lowest BCUT2D eigenvalue weighted by atomic mass is 10.1. The van der Waals surface area contributed by atoms with Crippen LogP contribution in [0.5, 0.6) is 5.75 Å². The first-order chi connectivity index (χ1) is 7.68. The Morgan fingerprint density at radius 2 is 1.81 bits per heavy atom. The zero-order valence-corrected chi connectivity index (χ0v) is 10.0. The first-order valence-corrected chi connectivity index (χ1v) is 5.88. The van der Waals surface area contributed by atoms with Crippen molar-refractivity contribution in [2.24, 2.45) is 0 Å². The molecule has 0 aliphatic carbocycles. The summed E-state index contributed by atoms with van der Waals surface area (Å²) in [7, 11) is 0. The average molecular weight is 232 g/mol. The number of thiophene rings is 1. The topological polar surface area (TPSA) is 26.3 Å². The molecular formula is C13H12O2S. The summed E-state index contributed by atoms with van der Waals surface area (Å²) in [5, 5.41) is 1.86. The van der Waals surface area contributed by atoms with Crippen LogP contribution in [0.25, 0.3) is 0 Å². The molecule has 3 heteroatoms. The first kappa shape index (κ1) is 10.9. The van der Waals surface area contributed by atoms with Gasteiger partial charge in [0.2, 0.25) is 0 Å². The Bertz CT molecular complexity index is 480. The second-order valence-electron chi connectivity index (χ2n) is 3.59. The summed E-state index contributed by atoms with van der Waals surface area (Å²) in [5.74, 6) is 0.383. The summed E-state index contributed by atoms with van der Waals surface area (Å²) >= 11 is 1.39. The van der Waals surface area contributed by atoms with Gasteiger partial charge in [0.05, 0.1) is 0 Å². The number of hydrogen-bond donors (Lipinski definition) is 0. The van der Waals surface area contributed by atoms with Gasteiger partial charge in [0.15, 0.2) is 0 Å². The summed E-state index contributed by atoms with van der Waals surface area (Å²) in [4.78, 5) is 12.4. The molecule has 0 saturated carbocycles. The molecule has 0 aliphatic heterocycles. The van der Waals surface area contributed by atoms with Crippen molar-refractivity contribution in [1.82, 2.24) is 0 Å². The van der Waals surface area contributed by atoms with Gasteiger partial charge in [-0.25, -0.2) is 4.79 Å². The quantitative estimate of drug-likeness (QED) is 0.584. The Morgan fingerprint density at radius 3 is 2.38 bits per heavy atom. The van der Waals surface area contributed by atoms with Crippen molar-refractivity contribution in [2.45, 2.75) is 13.8 Å². The molecule has 0 atom stereocenters. The van der Waals surface area contributed by atoms with Crippen LogP contribution in [0.3, 0.4) is 0 Å². The fourth-order valence-corrected chi connectivity index (χ4v) is 2.10. The fourth-order valence-electron chi connectivity index (χ4n) is 1.50. The molecule has 0 unspecified atom stereocenters. The van der Waals surface area contributed by atoms with Crippen LogP contribution in [0.15, 0.2) is 35.7 Å². The summed E-state index contributed by atoms with van der Waals surface area (Å²) in [6.45, 7) is 3.87. The Balaban J connectivity index is 2.25.